The Balaban J connectivity index is 2.02. The van der Waals surface area contributed by atoms with Gasteiger partial charge in [-0.25, -0.2) is 0 Å². The van der Waals surface area contributed by atoms with Gasteiger partial charge in [-0.3, -0.25) is 18.7 Å². The van der Waals surface area contributed by atoms with E-state index in [1.54, 1.807) is 24.3 Å². The van der Waals surface area contributed by atoms with Gasteiger partial charge in [0, 0.05) is 0 Å². The van der Waals surface area contributed by atoms with Crippen LogP contribution in [0.4, 0.5) is 11.4 Å². The molecule has 0 fully saturated rings. The average Bonchev–Trinajstić information content (AvgIpc) is 2.70. The van der Waals surface area contributed by atoms with Crippen LogP contribution in [0.25, 0.3) is 0 Å². The molecule has 3 rings (SSSR count). The number of rotatable bonds is 4. The Morgan fingerprint density at radius 2 is 1.36 bits per heavy atom. The standard InChI is InChI=1S/C16H14N2O8S2/c19-15-11(16(20)18-13-4-2-1-3-12(13)17-15)7-9-5-6-10(27(21,22)23)8-14(9)28(24,25)26/h1-6,8,11H,7H2,(H,17,19)(H,18,20)(H,21,22,23)(H,24,25,26). The molecule has 0 aliphatic carbocycles. The molecule has 0 bridgehead atoms. The van der Waals surface area contributed by atoms with Crippen molar-refractivity contribution in [1.29, 1.82) is 0 Å². The molecule has 1 heterocycles. The predicted molar refractivity (Wildman–Crippen MR) is 97.0 cm³/mol. The number of para-hydroxylation sites is 2. The Hall–Kier alpha value is -2.80. The number of amides is 2. The molecule has 28 heavy (non-hydrogen) atoms. The van der Waals surface area contributed by atoms with E-state index in [1.165, 1.54) is 0 Å². The van der Waals surface area contributed by atoms with Crippen LogP contribution in [-0.2, 0) is 36.2 Å². The van der Waals surface area contributed by atoms with Gasteiger partial charge in [0.2, 0.25) is 11.8 Å². The molecule has 148 valence electrons. The lowest BCUT2D eigenvalue weighted by atomic mass is 9.97. The lowest BCUT2D eigenvalue weighted by Crippen LogP contribution is -2.33. The van der Waals surface area contributed by atoms with Crippen molar-refractivity contribution in [1.82, 2.24) is 0 Å². The van der Waals surface area contributed by atoms with Crippen LogP contribution in [0.1, 0.15) is 5.56 Å². The van der Waals surface area contributed by atoms with Crippen LogP contribution < -0.4 is 10.6 Å². The maximum absolute atomic E-state index is 12.5. The molecule has 0 atom stereocenters. The second kappa shape index (κ2) is 6.98. The summed E-state index contributed by atoms with van der Waals surface area (Å²) in [6, 6.07) is 8.90. The summed E-state index contributed by atoms with van der Waals surface area (Å²) < 4.78 is 64.3. The lowest BCUT2D eigenvalue weighted by molar-refractivity contribution is -0.129. The van der Waals surface area contributed by atoms with E-state index in [1.807, 2.05) is 0 Å². The first kappa shape index (κ1) is 19.9. The van der Waals surface area contributed by atoms with Crippen LogP contribution >= 0.6 is 0 Å². The molecule has 0 radical (unpaired) electrons. The van der Waals surface area contributed by atoms with Crippen molar-refractivity contribution < 1.29 is 35.5 Å². The first-order valence-corrected chi connectivity index (χ1v) is 10.6. The minimum atomic E-state index is -4.90. The summed E-state index contributed by atoms with van der Waals surface area (Å²) in [5, 5.41) is 5.09. The molecular weight excluding hydrogens is 412 g/mol. The monoisotopic (exact) mass is 426 g/mol. The molecule has 2 aromatic rings. The summed E-state index contributed by atoms with van der Waals surface area (Å²) in [6.07, 6.45) is -0.438. The van der Waals surface area contributed by atoms with Crippen molar-refractivity contribution in [3.05, 3.63) is 48.0 Å². The normalized spacial score (nSPS) is 15.4. The van der Waals surface area contributed by atoms with E-state index >= 15 is 0 Å². The number of carbonyl (C=O) groups excluding carboxylic acids is 2. The Morgan fingerprint density at radius 1 is 0.821 bits per heavy atom. The largest absolute Gasteiger partial charge is 0.324 e. The minimum absolute atomic E-state index is 0.170. The van der Waals surface area contributed by atoms with Crippen LogP contribution in [0.2, 0.25) is 0 Å². The van der Waals surface area contributed by atoms with E-state index in [0.717, 1.165) is 12.1 Å². The maximum Gasteiger partial charge on any atom is 0.294 e. The van der Waals surface area contributed by atoms with Gasteiger partial charge in [0.05, 0.1) is 21.2 Å². The van der Waals surface area contributed by atoms with Crippen molar-refractivity contribution in [3.63, 3.8) is 0 Å². The molecule has 2 amide bonds. The Labute approximate surface area is 160 Å². The first-order valence-electron chi connectivity index (χ1n) is 7.75. The second-order valence-corrected chi connectivity index (χ2v) is 8.81. The lowest BCUT2D eigenvalue weighted by Gasteiger charge is -2.14. The summed E-state index contributed by atoms with van der Waals surface area (Å²) >= 11 is 0. The molecule has 12 heteroatoms. The maximum atomic E-state index is 12.5. The van der Waals surface area contributed by atoms with E-state index in [0.29, 0.717) is 17.4 Å². The van der Waals surface area contributed by atoms with E-state index in [2.05, 4.69) is 10.6 Å². The Kier molecular flexibility index (Phi) is 4.97. The van der Waals surface area contributed by atoms with Crippen molar-refractivity contribution in [2.24, 2.45) is 5.92 Å². The third-order valence-corrected chi connectivity index (χ3v) is 5.90. The Bertz CT molecular complexity index is 1150. The first-order chi connectivity index (χ1) is 13.0. The van der Waals surface area contributed by atoms with Gasteiger partial charge in [-0.05, 0) is 36.2 Å². The molecule has 4 N–H and O–H groups in total. The highest BCUT2D eigenvalue weighted by Gasteiger charge is 2.33. The van der Waals surface area contributed by atoms with Crippen LogP contribution in [0, 0.1) is 5.92 Å². The molecule has 0 aromatic heterocycles. The van der Waals surface area contributed by atoms with Crippen molar-refractivity contribution in [2.45, 2.75) is 16.2 Å². The fourth-order valence-corrected chi connectivity index (χ4v) is 4.11. The fourth-order valence-electron chi connectivity index (χ4n) is 2.77. The van der Waals surface area contributed by atoms with Gasteiger partial charge >= 0.3 is 0 Å². The molecule has 1 aliphatic heterocycles. The molecule has 0 saturated heterocycles. The van der Waals surface area contributed by atoms with Crippen LogP contribution in [0.15, 0.2) is 52.3 Å². The van der Waals surface area contributed by atoms with E-state index in [4.69, 9.17) is 4.55 Å². The highest BCUT2D eigenvalue weighted by Crippen LogP contribution is 2.29. The summed E-state index contributed by atoms with van der Waals surface area (Å²) in [7, 11) is -9.64. The molecular formula is C16H14N2O8S2. The number of anilines is 2. The predicted octanol–water partition coefficient (Wildman–Crippen LogP) is 0.929. The molecule has 0 unspecified atom stereocenters. The molecule has 2 aromatic carbocycles. The van der Waals surface area contributed by atoms with E-state index < -0.39 is 54.2 Å². The third kappa shape index (κ3) is 4.04. The zero-order chi connectivity index (χ0) is 20.7. The van der Waals surface area contributed by atoms with Gasteiger partial charge in [-0.1, -0.05) is 18.2 Å². The molecule has 0 saturated carbocycles. The molecule has 10 nitrogen and oxygen atoms in total. The van der Waals surface area contributed by atoms with Gasteiger partial charge in [0.1, 0.15) is 5.92 Å². The van der Waals surface area contributed by atoms with Gasteiger partial charge < -0.3 is 10.6 Å². The number of hydrogen-bond acceptors (Lipinski definition) is 6. The number of benzene rings is 2. The van der Waals surface area contributed by atoms with E-state index in [-0.39, 0.29) is 5.56 Å². The van der Waals surface area contributed by atoms with Gasteiger partial charge in [0.25, 0.3) is 20.2 Å². The quantitative estimate of drug-likeness (QED) is 0.414. The number of carbonyl (C=O) groups is 2. The van der Waals surface area contributed by atoms with Crippen molar-refractivity contribution in [2.75, 3.05) is 10.6 Å². The van der Waals surface area contributed by atoms with Crippen LogP contribution in [-0.4, -0.2) is 37.8 Å². The summed E-state index contributed by atoms with van der Waals surface area (Å²) in [5.41, 5.74) is 0.552. The van der Waals surface area contributed by atoms with Gasteiger partial charge in [-0.15, -0.1) is 0 Å². The second-order valence-electron chi connectivity index (χ2n) is 6.00. The Morgan fingerprint density at radius 3 is 1.82 bits per heavy atom. The van der Waals surface area contributed by atoms with Gasteiger partial charge in [-0.2, -0.15) is 16.8 Å². The SMILES string of the molecule is O=C1Nc2ccccc2NC(=O)C1Cc1ccc(S(=O)(=O)O)cc1S(=O)(=O)O. The summed E-state index contributed by atoms with van der Waals surface area (Å²) in [5.74, 6) is -2.77. The number of fused-ring (bicyclic) bond motifs is 1. The van der Waals surface area contributed by atoms with Crippen molar-refractivity contribution >= 4 is 43.4 Å². The number of hydrogen-bond donors (Lipinski definition) is 4. The van der Waals surface area contributed by atoms with Crippen LogP contribution in [0.3, 0.4) is 0 Å². The highest BCUT2D eigenvalue weighted by molar-refractivity contribution is 7.86. The van der Waals surface area contributed by atoms with Gasteiger partial charge in [0.15, 0.2) is 0 Å². The molecule has 1 aliphatic rings. The van der Waals surface area contributed by atoms with Crippen molar-refractivity contribution in [3.8, 4) is 0 Å². The van der Waals surface area contributed by atoms with Crippen LogP contribution in [0.5, 0.6) is 0 Å². The highest BCUT2D eigenvalue weighted by atomic mass is 32.2. The van der Waals surface area contributed by atoms with E-state index in [9.17, 15) is 31.0 Å². The zero-order valence-corrected chi connectivity index (χ0v) is 15.6. The summed E-state index contributed by atoms with van der Waals surface area (Å²) in [6.45, 7) is 0. The number of nitrogens with one attached hydrogen (secondary N) is 2. The molecule has 0 spiro atoms. The summed E-state index contributed by atoms with van der Waals surface area (Å²) in [4.78, 5) is 23.3. The third-order valence-electron chi connectivity index (χ3n) is 4.11. The topological polar surface area (TPSA) is 167 Å². The fraction of sp³-hybridized carbons (Fsp3) is 0.125. The minimum Gasteiger partial charge on any atom is -0.324 e. The zero-order valence-electron chi connectivity index (χ0n) is 14.0. The average molecular weight is 426 g/mol. The smallest absolute Gasteiger partial charge is 0.294 e.